The molecular weight excluding hydrogens is 294 g/mol. The van der Waals surface area contributed by atoms with Gasteiger partial charge in [0.15, 0.2) is 5.82 Å². The molecule has 0 radical (unpaired) electrons. The Labute approximate surface area is 106 Å². The van der Waals surface area contributed by atoms with E-state index in [9.17, 15) is 27.3 Å². The third-order valence-electron chi connectivity index (χ3n) is 1.84. The fraction of sp³-hybridized carbons (Fsp3) is 0.250. The van der Waals surface area contributed by atoms with Crippen molar-refractivity contribution < 1.29 is 22.1 Å². The third-order valence-corrected chi connectivity index (χ3v) is 3.53. The lowest BCUT2D eigenvalue weighted by Crippen LogP contribution is -2.18. The first-order chi connectivity index (χ1) is 8.26. The van der Waals surface area contributed by atoms with Crippen molar-refractivity contribution in [3.8, 4) is 0 Å². The summed E-state index contributed by atoms with van der Waals surface area (Å²) in [5.41, 5.74) is -1.73. The smallest absolute Gasteiger partial charge is 0.280 e. The first-order valence-corrected chi connectivity index (χ1v) is 6.65. The van der Waals surface area contributed by atoms with Crippen molar-refractivity contribution in [3.05, 3.63) is 33.9 Å². The van der Waals surface area contributed by atoms with Crippen LogP contribution in [0.4, 0.5) is 20.2 Å². The number of hydrogen-bond acceptors (Lipinski definition) is 4. The van der Waals surface area contributed by atoms with Crippen molar-refractivity contribution in [1.82, 2.24) is 0 Å². The predicted molar refractivity (Wildman–Crippen MR) is 61.1 cm³/mol. The van der Waals surface area contributed by atoms with E-state index in [1.54, 1.807) is 4.72 Å². The molecule has 1 N–H and O–H groups in total. The van der Waals surface area contributed by atoms with Crippen LogP contribution >= 0.6 is 11.6 Å². The van der Waals surface area contributed by atoms with Crippen LogP contribution in [-0.2, 0) is 10.0 Å². The molecule has 1 aromatic carbocycles. The summed E-state index contributed by atoms with van der Waals surface area (Å²) < 4.78 is 50.6. The summed E-state index contributed by atoms with van der Waals surface area (Å²) in [7, 11) is -3.93. The van der Waals surface area contributed by atoms with Crippen LogP contribution in [-0.4, -0.2) is 25.0 Å². The molecule has 100 valence electrons. The number of sulfonamides is 1. The van der Waals surface area contributed by atoms with Crippen molar-refractivity contribution in [2.75, 3.05) is 16.4 Å². The second kappa shape index (κ2) is 5.44. The van der Waals surface area contributed by atoms with Crippen LogP contribution in [0.5, 0.6) is 0 Å². The third kappa shape index (κ3) is 3.50. The number of rotatable bonds is 5. The van der Waals surface area contributed by atoms with Gasteiger partial charge in [0.1, 0.15) is 0 Å². The van der Waals surface area contributed by atoms with Gasteiger partial charge in [-0.25, -0.2) is 12.8 Å². The van der Waals surface area contributed by atoms with E-state index < -0.39 is 43.7 Å². The molecule has 0 heterocycles. The summed E-state index contributed by atoms with van der Waals surface area (Å²) in [6.07, 6.45) is 0. The van der Waals surface area contributed by atoms with E-state index in [4.69, 9.17) is 11.6 Å². The molecule has 0 spiro atoms. The minimum Gasteiger partial charge on any atom is -0.280 e. The average molecular weight is 301 g/mol. The van der Waals surface area contributed by atoms with Gasteiger partial charge in [-0.15, -0.1) is 11.6 Å². The van der Waals surface area contributed by atoms with Gasteiger partial charge in [0.25, 0.3) is 0 Å². The van der Waals surface area contributed by atoms with Crippen molar-refractivity contribution >= 4 is 33.0 Å². The van der Waals surface area contributed by atoms with Crippen molar-refractivity contribution in [2.45, 2.75) is 0 Å². The molecular formula is C8H7ClF2N2O4S. The molecule has 0 atom stereocenters. The van der Waals surface area contributed by atoms with Crippen LogP contribution in [0.15, 0.2) is 12.1 Å². The molecule has 0 aliphatic heterocycles. The highest BCUT2D eigenvalue weighted by Gasteiger charge is 2.21. The lowest BCUT2D eigenvalue weighted by molar-refractivity contribution is -0.387. The maximum absolute atomic E-state index is 13.2. The molecule has 0 saturated carbocycles. The summed E-state index contributed by atoms with van der Waals surface area (Å²) in [4.78, 5) is 9.33. The molecule has 1 aromatic rings. The largest absolute Gasteiger partial charge is 0.307 e. The summed E-state index contributed by atoms with van der Waals surface area (Å²) in [6, 6.07) is 0.702. The Balaban J connectivity index is 3.18. The van der Waals surface area contributed by atoms with Crippen LogP contribution in [0.25, 0.3) is 0 Å². The number of benzene rings is 1. The first kappa shape index (κ1) is 14.6. The highest BCUT2D eigenvalue weighted by molar-refractivity contribution is 7.92. The van der Waals surface area contributed by atoms with Crippen LogP contribution in [0.2, 0.25) is 0 Å². The topological polar surface area (TPSA) is 89.3 Å². The molecule has 0 aromatic heterocycles. The number of hydrogen-bond donors (Lipinski definition) is 1. The molecule has 0 fully saturated rings. The zero-order chi connectivity index (χ0) is 13.9. The molecule has 0 saturated heterocycles. The van der Waals surface area contributed by atoms with Crippen molar-refractivity contribution in [1.29, 1.82) is 0 Å². The van der Waals surface area contributed by atoms with Crippen molar-refractivity contribution in [2.24, 2.45) is 0 Å². The van der Waals surface area contributed by atoms with Gasteiger partial charge in [0.2, 0.25) is 15.8 Å². The Morgan fingerprint density at radius 3 is 2.44 bits per heavy atom. The van der Waals surface area contributed by atoms with E-state index in [2.05, 4.69) is 0 Å². The van der Waals surface area contributed by atoms with Gasteiger partial charge in [-0.2, -0.15) is 4.39 Å². The highest BCUT2D eigenvalue weighted by atomic mass is 35.5. The van der Waals surface area contributed by atoms with Crippen LogP contribution < -0.4 is 4.72 Å². The van der Waals surface area contributed by atoms with Crippen LogP contribution in [0.1, 0.15) is 0 Å². The van der Waals surface area contributed by atoms with Gasteiger partial charge < -0.3 is 0 Å². The Hall–Kier alpha value is -1.48. The lowest BCUT2D eigenvalue weighted by atomic mass is 10.2. The number of nitro groups is 1. The average Bonchev–Trinajstić information content (AvgIpc) is 2.21. The molecule has 0 aliphatic carbocycles. The van der Waals surface area contributed by atoms with Gasteiger partial charge >= 0.3 is 5.69 Å². The number of alkyl halides is 1. The predicted octanol–water partition coefficient (Wildman–Crippen LogP) is 1.85. The highest BCUT2D eigenvalue weighted by Crippen LogP contribution is 2.25. The van der Waals surface area contributed by atoms with Gasteiger partial charge in [0, 0.05) is 18.0 Å². The number of nitro benzene ring substituents is 1. The van der Waals surface area contributed by atoms with Gasteiger partial charge in [-0.3, -0.25) is 14.8 Å². The Morgan fingerprint density at radius 2 is 1.94 bits per heavy atom. The molecule has 6 nitrogen and oxygen atoms in total. The van der Waals surface area contributed by atoms with Crippen molar-refractivity contribution in [3.63, 3.8) is 0 Å². The lowest BCUT2D eigenvalue weighted by Gasteiger charge is -2.07. The second-order valence-corrected chi connectivity index (χ2v) is 5.37. The zero-order valence-electron chi connectivity index (χ0n) is 8.69. The van der Waals surface area contributed by atoms with Gasteiger partial charge in [0.05, 0.1) is 16.4 Å². The number of nitrogens with one attached hydrogen (secondary N) is 1. The zero-order valence-corrected chi connectivity index (χ0v) is 10.3. The van der Waals surface area contributed by atoms with Gasteiger partial charge in [-0.1, -0.05) is 0 Å². The minimum absolute atomic E-state index is 0.233. The maximum atomic E-state index is 13.2. The Kier molecular flexibility index (Phi) is 4.41. The van der Waals surface area contributed by atoms with E-state index in [1.807, 2.05) is 0 Å². The van der Waals surface area contributed by atoms with Crippen LogP contribution in [0, 0.1) is 21.7 Å². The monoisotopic (exact) mass is 300 g/mol. The SMILES string of the molecule is O=[N+]([O-])c1cc(NS(=O)(=O)CCCl)c(F)cc1F. The molecule has 10 heteroatoms. The molecule has 0 aliphatic rings. The minimum atomic E-state index is -3.93. The van der Waals surface area contributed by atoms with Gasteiger partial charge in [-0.05, 0) is 0 Å². The first-order valence-electron chi connectivity index (χ1n) is 4.46. The molecule has 0 unspecified atom stereocenters. The Morgan fingerprint density at radius 1 is 1.33 bits per heavy atom. The van der Waals surface area contributed by atoms with Crippen LogP contribution in [0.3, 0.4) is 0 Å². The van der Waals surface area contributed by atoms with E-state index >= 15 is 0 Å². The normalized spacial score (nSPS) is 11.3. The molecule has 1 rings (SSSR count). The fourth-order valence-corrected chi connectivity index (χ4v) is 2.48. The standard InChI is InChI=1S/C8H7ClF2N2O4S/c9-1-2-18(16,17)12-7-4-8(13(14)15)6(11)3-5(7)10/h3-4,12H,1-2H2. The number of halogens is 3. The van der Waals surface area contributed by atoms with E-state index in [1.165, 1.54) is 0 Å². The maximum Gasteiger partial charge on any atom is 0.307 e. The number of nitrogens with zero attached hydrogens (tertiary/aromatic N) is 1. The molecule has 0 amide bonds. The second-order valence-electron chi connectivity index (χ2n) is 3.15. The summed E-state index contributed by atoms with van der Waals surface area (Å²) in [5.74, 6) is -3.38. The molecule has 18 heavy (non-hydrogen) atoms. The quantitative estimate of drug-likeness (QED) is 0.510. The molecule has 0 bridgehead atoms. The van der Waals surface area contributed by atoms with E-state index in [0.29, 0.717) is 6.07 Å². The number of anilines is 1. The summed E-state index contributed by atoms with van der Waals surface area (Å²) in [5, 5.41) is 10.4. The fourth-order valence-electron chi connectivity index (χ4n) is 1.08. The Bertz CT molecular complexity index is 579. The van der Waals surface area contributed by atoms with E-state index in [0.717, 1.165) is 0 Å². The summed E-state index contributed by atoms with van der Waals surface area (Å²) >= 11 is 5.22. The summed E-state index contributed by atoms with van der Waals surface area (Å²) in [6.45, 7) is 0. The van der Waals surface area contributed by atoms with E-state index in [-0.39, 0.29) is 11.9 Å².